The summed E-state index contributed by atoms with van der Waals surface area (Å²) in [5.74, 6) is 0.946. The largest absolute Gasteiger partial charge is 0.491 e. The third kappa shape index (κ3) is 5.95. The number of rotatable bonds is 7. The molecule has 0 saturated carbocycles. The van der Waals surface area contributed by atoms with Crippen molar-refractivity contribution in [2.24, 2.45) is 0 Å². The van der Waals surface area contributed by atoms with Gasteiger partial charge < -0.3 is 14.8 Å². The maximum absolute atomic E-state index is 11.9. The van der Waals surface area contributed by atoms with Crippen LogP contribution in [0.2, 0.25) is 10.0 Å². The van der Waals surface area contributed by atoms with E-state index in [1.807, 2.05) is 38.1 Å². The number of hydrogen-bond donors (Lipinski definition) is 1. The Kier molecular flexibility index (Phi) is 6.76. The number of carbonyl (C=O) groups excluding carboxylic acids is 1. The smallest absolute Gasteiger partial charge is 0.258 e. The van der Waals surface area contributed by atoms with Crippen LogP contribution in [0.15, 0.2) is 42.5 Å². The third-order valence-corrected chi connectivity index (χ3v) is 3.58. The highest BCUT2D eigenvalue weighted by Crippen LogP contribution is 2.27. The van der Waals surface area contributed by atoms with Crippen LogP contribution in [0.1, 0.15) is 19.4 Å². The molecule has 0 aliphatic carbocycles. The SMILES string of the molecule is CC(C)Oc1ccc(CNC(=O)COc2cc(Cl)ccc2Cl)cc1. The molecule has 0 saturated heterocycles. The number of hydrogen-bond acceptors (Lipinski definition) is 3. The molecule has 24 heavy (non-hydrogen) atoms. The van der Waals surface area contributed by atoms with Gasteiger partial charge in [0.05, 0.1) is 11.1 Å². The summed E-state index contributed by atoms with van der Waals surface area (Å²) >= 11 is 11.8. The first kappa shape index (κ1) is 18.4. The van der Waals surface area contributed by atoms with Crippen LogP contribution in [-0.4, -0.2) is 18.6 Å². The fraction of sp³-hybridized carbons (Fsp3) is 0.278. The van der Waals surface area contributed by atoms with Crippen molar-refractivity contribution in [1.29, 1.82) is 0 Å². The van der Waals surface area contributed by atoms with Gasteiger partial charge >= 0.3 is 0 Å². The zero-order valence-electron chi connectivity index (χ0n) is 13.5. The van der Waals surface area contributed by atoms with Gasteiger partial charge in [-0.15, -0.1) is 0 Å². The van der Waals surface area contributed by atoms with E-state index in [0.29, 0.717) is 22.3 Å². The fourth-order valence-corrected chi connectivity index (χ4v) is 2.28. The Bertz CT molecular complexity index is 687. The average Bonchev–Trinajstić information content (AvgIpc) is 2.54. The molecule has 2 aromatic carbocycles. The molecule has 6 heteroatoms. The van der Waals surface area contributed by atoms with Gasteiger partial charge in [-0.1, -0.05) is 35.3 Å². The summed E-state index contributed by atoms with van der Waals surface area (Å²) in [5.41, 5.74) is 0.972. The average molecular weight is 368 g/mol. The number of benzene rings is 2. The number of amides is 1. The van der Waals surface area contributed by atoms with E-state index in [1.165, 1.54) is 0 Å². The molecule has 128 valence electrons. The molecule has 0 heterocycles. The monoisotopic (exact) mass is 367 g/mol. The van der Waals surface area contributed by atoms with Crippen LogP contribution in [0.4, 0.5) is 0 Å². The lowest BCUT2D eigenvalue weighted by molar-refractivity contribution is -0.123. The molecule has 0 unspecified atom stereocenters. The first-order valence-electron chi connectivity index (χ1n) is 7.54. The van der Waals surface area contributed by atoms with Crippen LogP contribution < -0.4 is 14.8 Å². The van der Waals surface area contributed by atoms with Gasteiger partial charge in [0.25, 0.3) is 5.91 Å². The lowest BCUT2D eigenvalue weighted by atomic mass is 10.2. The van der Waals surface area contributed by atoms with Crippen molar-refractivity contribution in [1.82, 2.24) is 5.32 Å². The maximum atomic E-state index is 11.9. The first-order valence-corrected chi connectivity index (χ1v) is 8.30. The van der Waals surface area contributed by atoms with Crippen LogP contribution in [0.3, 0.4) is 0 Å². The molecule has 2 rings (SSSR count). The van der Waals surface area contributed by atoms with Crippen molar-refractivity contribution in [3.05, 3.63) is 58.1 Å². The van der Waals surface area contributed by atoms with E-state index in [-0.39, 0.29) is 18.6 Å². The standard InChI is InChI=1S/C18H19Cl2NO3/c1-12(2)24-15-6-3-13(4-7-15)10-21-18(22)11-23-17-9-14(19)5-8-16(17)20/h3-9,12H,10-11H2,1-2H3,(H,21,22). The first-order chi connectivity index (χ1) is 11.4. The Morgan fingerprint density at radius 3 is 2.50 bits per heavy atom. The van der Waals surface area contributed by atoms with E-state index in [4.69, 9.17) is 32.7 Å². The van der Waals surface area contributed by atoms with E-state index in [9.17, 15) is 4.79 Å². The summed E-state index contributed by atoms with van der Waals surface area (Å²) in [6.45, 7) is 4.22. The lowest BCUT2D eigenvalue weighted by Crippen LogP contribution is -2.28. The van der Waals surface area contributed by atoms with Crippen molar-refractivity contribution in [3.63, 3.8) is 0 Å². The molecule has 1 amide bonds. The molecule has 0 aliphatic rings. The molecule has 0 atom stereocenters. The van der Waals surface area contributed by atoms with Crippen LogP contribution in [-0.2, 0) is 11.3 Å². The van der Waals surface area contributed by atoms with Crippen LogP contribution in [0.5, 0.6) is 11.5 Å². The number of carbonyl (C=O) groups is 1. The molecule has 1 N–H and O–H groups in total. The van der Waals surface area contributed by atoms with Gasteiger partial charge in [0.2, 0.25) is 0 Å². The molecule has 0 bridgehead atoms. The second-order valence-electron chi connectivity index (χ2n) is 5.45. The Hall–Kier alpha value is -1.91. The van der Waals surface area contributed by atoms with Gasteiger partial charge in [-0.2, -0.15) is 0 Å². The molecule has 0 radical (unpaired) electrons. The predicted molar refractivity (Wildman–Crippen MR) is 96.0 cm³/mol. The van der Waals surface area contributed by atoms with E-state index in [2.05, 4.69) is 5.32 Å². The summed E-state index contributed by atoms with van der Waals surface area (Å²) in [7, 11) is 0. The number of ether oxygens (including phenoxy) is 2. The summed E-state index contributed by atoms with van der Waals surface area (Å²) in [5, 5.41) is 3.69. The van der Waals surface area contributed by atoms with Crippen molar-refractivity contribution >= 4 is 29.1 Å². The zero-order chi connectivity index (χ0) is 17.5. The van der Waals surface area contributed by atoms with Crippen molar-refractivity contribution < 1.29 is 14.3 Å². The van der Waals surface area contributed by atoms with Crippen molar-refractivity contribution in [2.45, 2.75) is 26.5 Å². The van der Waals surface area contributed by atoms with Crippen LogP contribution in [0, 0.1) is 0 Å². The molecular weight excluding hydrogens is 349 g/mol. The highest BCUT2D eigenvalue weighted by Gasteiger charge is 2.07. The highest BCUT2D eigenvalue weighted by molar-refractivity contribution is 6.34. The molecule has 0 fully saturated rings. The van der Waals surface area contributed by atoms with Gasteiger partial charge in [0, 0.05) is 17.6 Å². The normalized spacial score (nSPS) is 10.5. The van der Waals surface area contributed by atoms with Gasteiger partial charge in [-0.25, -0.2) is 0 Å². The van der Waals surface area contributed by atoms with Gasteiger partial charge in [0.15, 0.2) is 6.61 Å². The second kappa shape index (κ2) is 8.81. The van der Waals surface area contributed by atoms with E-state index < -0.39 is 0 Å². The van der Waals surface area contributed by atoms with E-state index >= 15 is 0 Å². The van der Waals surface area contributed by atoms with Gasteiger partial charge in [0.1, 0.15) is 11.5 Å². The summed E-state index contributed by atoms with van der Waals surface area (Å²) in [4.78, 5) is 11.9. The maximum Gasteiger partial charge on any atom is 0.258 e. The Morgan fingerprint density at radius 2 is 1.83 bits per heavy atom. The lowest BCUT2D eigenvalue weighted by Gasteiger charge is -2.11. The molecule has 0 aliphatic heterocycles. The van der Waals surface area contributed by atoms with E-state index in [1.54, 1.807) is 18.2 Å². The zero-order valence-corrected chi connectivity index (χ0v) is 15.0. The van der Waals surface area contributed by atoms with Crippen molar-refractivity contribution in [2.75, 3.05) is 6.61 Å². The highest BCUT2D eigenvalue weighted by atomic mass is 35.5. The summed E-state index contributed by atoms with van der Waals surface area (Å²) in [6, 6.07) is 12.4. The third-order valence-electron chi connectivity index (χ3n) is 3.04. The predicted octanol–water partition coefficient (Wildman–Crippen LogP) is 4.48. The fourth-order valence-electron chi connectivity index (χ4n) is 1.94. The Labute approximate surface area is 151 Å². The molecule has 2 aromatic rings. The summed E-state index contributed by atoms with van der Waals surface area (Å²) in [6.07, 6.45) is 0.131. The van der Waals surface area contributed by atoms with Crippen LogP contribution in [0.25, 0.3) is 0 Å². The quantitative estimate of drug-likeness (QED) is 0.784. The minimum atomic E-state index is -0.242. The minimum Gasteiger partial charge on any atom is -0.491 e. The molecule has 0 aromatic heterocycles. The van der Waals surface area contributed by atoms with Gasteiger partial charge in [-0.3, -0.25) is 4.79 Å². The van der Waals surface area contributed by atoms with Crippen molar-refractivity contribution in [3.8, 4) is 11.5 Å². The molecule has 4 nitrogen and oxygen atoms in total. The number of nitrogens with one attached hydrogen (secondary N) is 1. The topological polar surface area (TPSA) is 47.6 Å². The van der Waals surface area contributed by atoms with E-state index in [0.717, 1.165) is 11.3 Å². The molecule has 0 spiro atoms. The van der Waals surface area contributed by atoms with Gasteiger partial charge in [-0.05, 0) is 43.7 Å². The van der Waals surface area contributed by atoms with Crippen LogP contribution >= 0.6 is 23.2 Å². The Morgan fingerprint density at radius 1 is 1.12 bits per heavy atom. The molecular formula is C18H19Cl2NO3. The second-order valence-corrected chi connectivity index (χ2v) is 6.29. The minimum absolute atomic E-state index is 0.130. The number of halogens is 2. The summed E-state index contributed by atoms with van der Waals surface area (Å²) < 4.78 is 11.0. The Balaban J connectivity index is 1.79.